The van der Waals surface area contributed by atoms with E-state index < -0.39 is 11.9 Å². The largest absolute Gasteiger partial charge is 0.482 e. The first kappa shape index (κ1) is 14.1. The average molecular weight is 276 g/mol. The van der Waals surface area contributed by atoms with Gasteiger partial charge in [0.2, 0.25) is 0 Å². The van der Waals surface area contributed by atoms with Crippen LogP contribution in [0.25, 0.3) is 0 Å². The highest BCUT2D eigenvalue weighted by molar-refractivity contribution is 5.80. The molecule has 5 heteroatoms. The van der Waals surface area contributed by atoms with Crippen LogP contribution >= 0.6 is 0 Å². The summed E-state index contributed by atoms with van der Waals surface area (Å²) in [5, 5.41) is 17.4. The SMILES string of the molecule is O=C(O)C=CC1CCCc2c(OCC(=O)O)cccc21. The van der Waals surface area contributed by atoms with Gasteiger partial charge in [-0.2, -0.15) is 0 Å². The molecular weight excluding hydrogens is 260 g/mol. The summed E-state index contributed by atoms with van der Waals surface area (Å²) in [6.45, 7) is -0.369. The molecule has 1 atom stereocenters. The highest BCUT2D eigenvalue weighted by Crippen LogP contribution is 2.37. The molecule has 106 valence electrons. The maximum Gasteiger partial charge on any atom is 0.341 e. The minimum absolute atomic E-state index is 0.0447. The van der Waals surface area contributed by atoms with Crippen LogP contribution in [0.2, 0.25) is 0 Å². The van der Waals surface area contributed by atoms with Crippen molar-refractivity contribution >= 4 is 11.9 Å². The summed E-state index contributed by atoms with van der Waals surface area (Å²) in [7, 11) is 0. The Hall–Kier alpha value is -2.30. The lowest BCUT2D eigenvalue weighted by Gasteiger charge is -2.24. The molecule has 1 aliphatic carbocycles. The van der Waals surface area contributed by atoms with Gasteiger partial charge in [0.15, 0.2) is 6.61 Å². The summed E-state index contributed by atoms with van der Waals surface area (Å²) in [5.41, 5.74) is 2.01. The van der Waals surface area contributed by atoms with Gasteiger partial charge in [0.25, 0.3) is 0 Å². The Kier molecular flexibility index (Phi) is 4.40. The van der Waals surface area contributed by atoms with Crippen LogP contribution in [0.1, 0.15) is 29.9 Å². The minimum atomic E-state index is -1.01. The molecule has 0 amide bonds. The summed E-state index contributed by atoms with van der Waals surface area (Å²) in [6, 6.07) is 5.51. The standard InChI is InChI=1S/C15H16O5/c16-14(17)8-7-10-3-1-5-12-11(10)4-2-6-13(12)20-9-15(18)19/h2,4,6-8,10H,1,3,5,9H2,(H,16,17)(H,18,19). The van der Waals surface area contributed by atoms with Crippen molar-refractivity contribution in [1.82, 2.24) is 0 Å². The van der Waals surface area contributed by atoms with Gasteiger partial charge in [0, 0.05) is 12.0 Å². The van der Waals surface area contributed by atoms with E-state index in [1.165, 1.54) is 0 Å². The normalized spacial score (nSPS) is 17.7. The Bertz CT molecular complexity index is 547. The molecular formula is C15H16O5. The third-order valence-corrected chi connectivity index (χ3v) is 3.33. The molecule has 0 saturated heterocycles. The number of aliphatic carboxylic acids is 2. The second kappa shape index (κ2) is 6.23. The summed E-state index contributed by atoms with van der Waals surface area (Å²) >= 11 is 0. The molecule has 0 spiro atoms. The van der Waals surface area contributed by atoms with Crippen molar-refractivity contribution in [1.29, 1.82) is 0 Å². The van der Waals surface area contributed by atoms with Crippen LogP contribution in [0.5, 0.6) is 5.75 Å². The zero-order valence-corrected chi connectivity index (χ0v) is 10.9. The fraction of sp³-hybridized carbons (Fsp3) is 0.333. The summed E-state index contributed by atoms with van der Waals surface area (Å²) < 4.78 is 5.30. The van der Waals surface area contributed by atoms with Gasteiger partial charge >= 0.3 is 11.9 Å². The maximum absolute atomic E-state index is 10.6. The molecule has 0 saturated carbocycles. The number of benzene rings is 1. The van der Waals surface area contributed by atoms with Gasteiger partial charge in [-0.25, -0.2) is 9.59 Å². The van der Waals surface area contributed by atoms with E-state index in [1.807, 2.05) is 12.1 Å². The van der Waals surface area contributed by atoms with Crippen LogP contribution in [0.3, 0.4) is 0 Å². The van der Waals surface area contributed by atoms with Gasteiger partial charge in [0.05, 0.1) is 0 Å². The third kappa shape index (κ3) is 3.38. The van der Waals surface area contributed by atoms with Crippen molar-refractivity contribution in [3.63, 3.8) is 0 Å². The summed E-state index contributed by atoms with van der Waals surface area (Å²) in [4.78, 5) is 21.2. The summed E-state index contributed by atoms with van der Waals surface area (Å²) in [5.74, 6) is -1.35. The highest BCUT2D eigenvalue weighted by atomic mass is 16.5. The topological polar surface area (TPSA) is 83.8 Å². The van der Waals surface area contributed by atoms with E-state index in [4.69, 9.17) is 14.9 Å². The maximum atomic E-state index is 10.6. The third-order valence-electron chi connectivity index (χ3n) is 3.33. The molecule has 2 N–H and O–H groups in total. The number of ether oxygens (including phenoxy) is 1. The molecule has 1 unspecified atom stereocenters. The molecule has 1 aliphatic rings. The predicted molar refractivity (Wildman–Crippen MR) is 72.0 cm³/mol. The molecule has 0 aromatic heterocycles. The number of carboxylic acid groups (broad SMARTS) is 2. The zero-order valence-electron chi connectivity index (χ0n) is 10.9. The lowest BCUT2D eigenvalue weighted by atomic mass is 9.82. The smallest absolute Gasteiger partial charge is 0.341 e. The number of carboxylic acids is 2. The first-order valence-corrected chi connectivity index (χ1v) is 6.45. The monoisotopic (exact) mass is 276 g/mol. The molecule has 0 fully saturated rings. The molecule has 5 nitrogen and oxygen atoms in total. The zero-order chi connectivity index (χ0) is 14.5. The van der Waals surface area contributed by atoms with Crippen LogP contribution in [0.15, 0.2) is 30.4 Å². The van der Waals surface area contributed by atoms with Crippen LogP contribution in [-0.2, 0) is 16.0 Å². The van der Waals surface area contributed by atoms with Crippen molar-refractivity contribution in [2.24, 2.45) is 0 Å². The number of hydrogen-bond donors (Lipinski definition) is 2. The van der Waals surface area contributed by atoms with Crippen molar-refractivity contribution < 1.29 is 24.5 Å². The first-order valence-electron chi connectivity index (χ1n) is 6.45. The summed E-state index contributed by atoms with van der Waals surface area (Å²) in [6.07, 6.45) is 5.47. The van der Waals surface area contributed by atoms with E-state index in [9.17, 15) is 9.59 Å². The van der Waals surface area contributed by atoms with Crippen molar-refractivity contribution in [3.05, 3.63) is 41.5 Å². The van der Waals surface area contributed by atoms with E-state index in [0.717, 1.165) is 36.5 Å². The lowest BCUT2D eigenvalue weighted by Crippen LogP contribution is -2.14. The Morgan fingerprint density at radius 1 is 1.35 bits per heavy atom. The Morgan fingerprint density at radius 3 is 2.85 bits per heavy atom. The van der Waals surface area contributed by atoms with Gasteiger partial charge in [-0.1, -0.05) is 18.2 Å². The van der Waals surface area contributed by atoms with Crippen LogP contribution in [0.4, 0.5) is 0 Å². The van der Waals surface area contributed by atoms with Gasteiger partial charge in [0.1, 0.15) is 5.75 Å². The molecule has 20 heavy (non-hydrogen) atoms. The fourth-order valence-electron chi connectivity index (χ4n) is 2.52. The van der Waals surface area contributed by atoms with Crippen molar-refractivity contribution in [3.8, 4) is 5.75 Å². The van der Waals surface area contributed by atoms with Crippen LogP contribution in [0, 0.1) is 0 Å². The van der Waals surface area contributed by atoms with Gasteiger partial charge in [-0.15, -0.1) is 0 Å². The lowest BCUT2D eigenvalue weighted by molar-refractivity contribution is -0.139. The van der Waals surface area contributed by atoms with E-state index in [1.54, 1.807) is 12.1 Å². The van der Waals surface area contributed by atoms with E-state index in [-0.39, 0.29) is 12.5 Å². The Balaban J connectivity index is 2.26. The Labute approximate surface area is 116 Å². The number of carbonyl (C=O) groups is 2. The second-order valence-electron chi connectivity index (χ2n) is 4.70. The minimum Gasteiger partial charge on any atom is -0.482 e. The highest BCUT2D eigenvalue weighted by Gasteiger charge is 2.21. The molecule has 0 radical (unpaired) electrons. The number of allylic oxidation sites excluding steroid dienone is 1. The number of hydrogen-bond acceptors (Lipinski definition) is 3. The molecule has 0 bridgehead atoms. The quantitative estimate of drug-likeness (QED) is 0.805. The van der Waals surface area contributed by atoms with E-state index >= 15 is 0 Å². The average Bonchev–Trinajstić information content (AvgIpc) is 2.42. The number of fused-ring (bicyclic) bond motifs is 1. The predicted octanol–water partition coefficient (Wildman–Crippen LogP) is 2.21. The van der Waals surface area contributed by atoms with Crippen molar-refractivity contribution in [2.45, 2.75) is 25.2 Å². The van der Waals surface area contributed by atoms with Crippen molar-refractivity contribution in [2.75, 3.05) is 6.61 Å². The van der Waals surface area contributed by atoms with E-state index in [0.29, 0.717) is 5.75 Å². The van der Waals surface area contributed by atoms with E-state index in [2.05, 4.69) is 0 Å². The fourth-order valence-corrected chi connectivity index (χ4v) is 2.52. The first-order chi connectivity index (χ1) is 9.58. The molecule has 0 aliphatic heterocycles. The van der Waals surface area contributed by atoms with Crippen LogP contribution in [-0.4, -0.2) is 28.8 Å². The van der Waals surface area contributed by atoms with Gasteiger partial charge < -0.3 is 14.9 Å². The Morgan fingerprint density at radius 2 is 2.15 bits per heavy atom. The van der Waals surface area contributed by atoms with Gasteiger partial charge in [-0.3, -0.25) is 0 Å². The van der Waals surface area contributed by atoms with Gasteiger partial charge in [-0.05, 0) is 36.5 Å². The number of rotatable bonds is 5. The molecule has 0 heterocycles. The second-order valence-corrected chi connectivity index (χ2v) is 4.70. The van der Waals surface area contributed by atoms with Crippen LogP contribution < -0.4 is 4.74 Å². The molecule has 1 aromatic rings. The molecule has 2 rings (SSSR count). The molecule has 1 aromatic carbocycles.